The molecule has 5 heteroatoms. The highest BCUT2D eigenvalue weighted by Gasteiger charge is 2.26. The van der Waals surface area contributed by atoms with Gasteiger partial charge in [0.25, 0.3) is 0 Å². The van der Waals surface area contributed by atoms with E-state index in [4.69, 9.17) is 22.1 Å². The Labute approximate surface area is 118 Å². The summed E-state index contributed by atoms with van der Waals surface area (Å²) in [5, 5.41) is 0. The molecule has 0 amide bonds. The first kappa shape index (κ1) is 14.3. The Balaban J connectivity index is 2.04. The third-order valence-corrected chi connectivity index (χ3v) is 4.68. The monoisotopic (exact) mass is 288 g/mol. The van der Waals surface area contributed by atoms with Gasteiger partial charge in [-0.1, -0.05) is 11.6 Å². The van der Waals surface area contributed by atoms with Gasteiger partial charge in [-0.3, -0.25) is 4.90 Å². The number of nitrogens with two attached hydrogens (primary N) is 1. The van der Waals surface area contributed by atoms with Crippen molar-refractivity contribution in [2.24, 2.45) is 5.73 Å². The number of ether oxygens (including phenoxy) is 1. The Morgan fingerprint density at radius 2 is 2.39 bits per heavy atom. The second kappa shape index (κ2) is 6.35. The van der Waals surface area contributed by atoms with E-state index in [1.54, 1.807) is 11.3 Å². The standard InChI is InChI=1S/C13H21ClN2OS/c1-9(15)13(11-5-6-12(14)18-11)16(2)8-10-4-3-7-17-10/h5-6,9-10,13H,3-4,7-8,15H2,1-2H3. The minimum Gasteiger partial charge on any atom is -0.377 e. The maximum Gasteiger partial charge on any atom is 0.0931 e. The molecule has 0 aromatic carbocycles. The predicted molar refractivity (Wildman–Crippen MR) is 77.3 cm³/mol. The molecule has 0 radical (unpaired) electrons. The van der Waals surface area contributed by atoms with Crippen LogP contribution in [0.4, 0.5) is 0 Å². The van der Waals surface area contributed by atoms with Crippen molar-refractivity contribution in [2.75, 3.05) is 20.2 Å². The number of rotatable bonds is 5. The van der Waals surface area contributed by atoms with Gasteiger partial charge in [-0.15, -0.1) is 11.3 Å². The van der Waals surface area contributed by atoms with E-state index < -0.39 is 0 Å². The summed E-state index contributed by atoms with van der Waals surface area (Å²) < 4.78 is 6.51. The second-order valence-corrected chi connectivity index (χ2v) is 6.77. The van der Waals surface area contributed by atoms with Crippen LogP contribution in [0.15, 0.2) is 12.1 Å². The van der Waals surface area contributed by atoms with Crippen LogP contribution in [-0.2, 0) is 4.74 Å². The fourth-order valence-corrected chi connectivity index (χ4v) is 3.93. The maximum absolute atomic E-state index is 6.13. The van der Waals surface area contributed by atoms with Crippen LogP contribution in [-0.4, -0.2) is 37.2 Å². The lowest BCUT2D eigenvalue weighted by Crippen LogP contribution is -2.40. The summed E-state index contributed by atoms with van der Waals surface area (Å²) in [4.78, 5) is 3.53. The van der Waals surface area contributed by atoms with E-state index in [0.717, 1.165) is 23.9 Å². The molecule has 2 N–H and O–H groups in total. The fourth-order valence-electron chi connectivity index (χ4n) is 2.59. The van der Waals surface area contributed by atoms with E-state index >= 15 is 0 Å². The molecule has 3 atom stereocenters. The van der Waals surface area contributed by atoms with Crippen molar-refractivity contribution in [3.63, 3.8) is 0 Å². The van der Waals surface area contributed by atoms with Crippen molar-refractivity contribution in [2.45, 2.75) is 38.0 Å². The number of thiophene rings is 1. The lowest BCUT2D eigenvalue weighted by atomic mass is 10.1. The summed E-state index contributed by atoms with van der Waals surface area (Å²) >= 11 is 7.63. The highest BCUT2D eigenvalue weighted by molar-refractivity contribution is 7.16. The quantitative estimate of drug-likeness (QED) is 0.905. The van der Waals surface area contributed by atoms with Gasteiger partial charge in [0.1, 0.15) is 0 Å². The molecule has 1 aromatic heterocycles. The largest absolute Gasteiger partial charge is 0.377 e. The lowest BCUT2D eigenvalue weighted by Gasteiger charge is -2.31. The Morgan fingerprint density at radius 1 is 1.61 bits per heavy atom. The number of nitrogens with zero attached hydrogens (tertiary/aromatic N) is 1. The molecule has 2 heterocycles. The first-order valence-corrected chi connectivity index (χ1v) is 7.60. The third kappa shape index (κ3) is 3.45. The van der Waals surface area contributed by atoms with Gasteiger partial charge in [0.15, 0.2) is 0 Å². The molecule has 0 bridgehead atoms. The number of halogens is 1. The zero-order valence-corrected chi connectivity index (χ0v) is 12.5. The Hall–Kier alpha value is -0.130. The predicted octanol–water partition coefficient (Wildman–Crippen LogP) is 2.90. The normalized spacial score (nSPS) is 23.5. The summed E-state index contributed by atoms with van der Waals surface area (Å²) in [6.45, 7) is 3.87. The van der Waals surface area contributed by atoms with Crippen molar-refractivity contribution >= 4 is 22.9 Å². The first-order chi connectivity index (χ1) is 8.58. The van der Waals surface area contributed by atoms with E-state index in [1.807, 2.05) is 13.0 Å². The number of hydrogen-bond acceptors (Lipinski definition) is 4. The summed E-state index contributed by atoms with van der Waals surface area (Å²) in [5.74, 6) is 0. The third-order valence-electron chi connectivity index (χ3n) is 3.37. The second-order valence-electron chi connectivity index (χ2n) is 5.02. The van der Waals surface area contributed by atoms with Crippen LogP contribution in [0.5, 0.6) is 0 Å². The molecule has 102 valence electrons. The zero-order chi connectivity index (χ0) is 13.1. The van der Waals surface area contributed by atoms with E-state index in [0.29, 0.717) is 6.10 Å². The van der Waals surface area contributed by atoms with Crippen LogP contribution in [0, 0.1) is 0 Å². The molecular formula is C13H21ClN2OS. The van der Waals surface area contributed by atoms with Gasteiger partial charge in [0.2, 0.25) is 0 Å². The van der Waals surface area contributed by atoms with Gasteiger partial charge in [-0.05, 0) is 38.9 Å². The Bertz CT molecular complexity index is 377. The summed E-state index contributed by atoms with van der Waals surface area (Å²) in [6.07, 6.45) is 2.68. The van der Waals surface area contributed by atoms with Crippen LogP contribution >= 0.6 is 22.9 Å². The Morgan fingerprint density at radius 3 is 2.89 bits per heavy atom. The average molecular weight is 289 g/mol. The van der Waals surface area contributed by atoms with Crippen LogP contribution in [0.2, 0.25) is 4.34 Å². The van der Waals surface area contributed by atoms with E-state index in [9.17, 15) is 0 Å². The van der Waals surface area contributed by atoms with Crippen molar-refractivity contribution in [1.82, 2.24) is 4.90 Å². The van der Waals surface area contributed by atoms with Crippen LogP contribution in [0.25, 0.3) is 0 Å². The van der Waals surface area contributed by atoms with Gasteiger partial charge in [-0.2, -0.15) is 0 Å². The molecule has 1 aliphatic rings. The maximum atomic E-state index is 6.13. The van der Waals surface area contributed by atoms with Crippen LogP contribution in [0.1, 0.15) is 30.7 Å². The van der Waals surface area contributed by atoms with Gasteiger partial charge in [0, 0.05) is 24.1 Å². The van der Waals surface area contributed by atoms with Gasteiger partial charge in [0.05, 0.1) is 16.5 Å². The van der Waals surface area contributed by atoms with E-state index in [-0.39, 0.29) is 12.1 Å². The topological polar surface area (TPSA) is 38.5 Å². The smallest absolute Gasteiger partial charge is 0.0931 e. The van der Waals surface area contributed by atoms with Crippen molar-refractivity contribution < 1.29 is 4.74 Å². The molecule has 3 unspecified atom stereocenters. The van der Waals surface area contributed by atoms with Crippen molar-refractivity contribution in [1.29, 1.82) is 0 Å². The summed E-state index contributed by atoms with van der Waals surface area (Å²) in [5.41, 5.74) is 6.13. The SMILES string of the molecule is CC(N)C(c1ccc(Cl)s1)N(C)CC1CCCO1. The fraction of sp³-hybridized carbons (Fsp3) is 0.692. The van der Waals surface area contributed by atoms with Crippen molar-refractivity contribution in [3.05, 3.63) is 21.3 Å². The van der Waals surface area contributed by atoms with Crippen LogP contribution < -0.4 is 5.73 Å². The van der Waals surface area contributed by atoms with Crippen LogP contribution in [0.3, 0.4) is 0 Å². The highest BCUT2D eigenvalue weighted by Crippen LogP contribution is 2.32. The Kier molecular flexibility index (Phi) is 5.04. The minimum absolute atomic E-state index is 0.0751. The average Bonchev–Trinajstić information content (AvgIpc) is 2.90. The van der Waals surface area contributed by atoms with E-state index in [2.05, 4.69) is 18.0 Å². The highest BCUT2D eigenvalue weighted by atomic mass is 35.5. The summed E-state index contributed by atoms with van der Waals surface area (Å²) in [7, 11) is 2.11. The van der Waals surface area contributed by atoms with Gasteiger partial charge in [-0.25, -0.2) is 0 Å². The molecule has 1 fully saturated rings. The lowest BCUT2D eigenvalue weighted by molar-refractivity contribution is 0.0648. The molecule has 1 aliphatic heterocycles. The number of likely N-dealkylation sites (N-methyl/N-ethyl adjacent to an activating group) is 1. The first-order valence-electron chi connectivity index (χ1n) is 6.40. The molecule has 1 saturated heterocycles. The zero-order valence-electron chi connectivity index (χ0n) is 10.9. The molecule has 2 rings (SSSR count). The molecular weight excluding hydrogens is 268 g/mol. The summed E-state index contributed by atoms with van der Waals surface area (Å²) in [6, 6.07) is 4.31. The molecule has 18 heavy (non-hydrogen) atoms. The van der Waals surface area contributed by atoms with Gasteiger partial charge < -0.3 is 10.5 Å². The molecule has 0 aliphatic carbocycles. The van der Waals surface area contributed by atoms with Crippen molar-refractivity contribution in [3.8, 4) is 0 Å². The molecule has 0 spiro atoms. The van der Waals surface area contributed by atoms with Gasteiger partial charge >= 0.3 is 0 Å². The molecule has 0 saturated carbocycles. The molecule has 1 aromatic rings. The molecule has 3 nitrogen and oxygen atoms in total. The minimum atomic E-state index is 0.0751. The van der Waals surface area contributed by atoms with E-state index in [1.165, 1.54) is 11.3 Å². The number of hydrogen-bond donors (Lipinski definition) is 1.